The number of rotatable bonds is 6. The van der Waals surface area contributed by atoms with E-state index in [2.05, 4.69) is 0 Å². The molecule has 0 radical (unpaired) electrons. The van der Waals surface area contributed by atoms with E-state index in [-0.39, 0.29) is 18.7 Å². The van der Waals surface area contributed by atoms with Gasteiger partial charge in [0.05, 0.1) is 12.8 Å². The zero-order valence-electron chi connectivity index (χ0n) is 15.0. The van der Waals surface area contributed by atoms with Gasteiger partial charge in [-0.15, -0.1) is 0 Å². The van der Waals surface area contributed by atoms with Gasteiger partial charge in [0.25, 0.3) is 5.91 Å². The smallest absolute Gasteiger partial charge is 0.294 e. The second-order valence-electron chi connectivity index (χ2n) is 6.04. The molecule has 0 spiro atoms. The van der Waals surface area contributed by atoms with Gasteiger partial charge in [0, 0.05) is 23.9 Å². The maximum absolute atomic E-state index is 13.6. The molecule has 27 heavy (non-hydrogen) atoms. The van der Waals surface area contributed by atoms with Crippen LogP contribution in [0.25, 0.3) is 11.0 Å². The highest BCUT2D eigenvalue weighted by Gasteiger charge is 2.26. The number of fused-ring (bicyclic) bond motifs is 1. The van der Waals surface area contributed by atoms with Crippen molar-refractivity contribution in [3.05, 3.63) is 59.6 Å². The van der Waals surface area contributed by atoms with Crippen LogP contribution >= 0.6 is 0 Å². The molecule has 0 saturated heterocycles. The number of ether oxygens (including phenoxy) is 1. The predicted octanol–water partition coefficient (Wildman–Crippen LogP) is 3.41. The van der Waals surface area contributed by atoms with Gasteiger partial charge in [0.2, 0.25) is 5.91 Å². The summed E-state index contributed by atoms with van der Waals surface area (Å²) in [6.45, 7) is 1.74. The van der Waals surface area contributed by atoms with Crippen LogP contribution in [0.4, 0.5) is 10.1 Å². The fraction of sp³-hybridized carbons (Fsp3) is 0.200. The van der Waals surface area contributed by atoms with E-state index < -0.39 is 17.6 Å². The molecule has 6 nitrogen and oxygen atoms in total. The molecule has 3 aromatic rings. The molecule has 0 atom stereocenters. The first-order chi connectivity index (χ1) is 12.9. The summed E-state index contributed by atoms with van der Waals surface area (Å²) >= 11 is 0. The van der Waals surface area contributed by atoms with E-state index in [1.807, 2.05) is 0 Å². The summed E-state index contributed by atoms with van der Waals surface area (Å²) in [4.78, 5) is 25.9. The predicted molar refractivity (Wildman–Crippen MR) is 99.4 cm³/mol. The first-order valence-electron chi connectivity index (χ1n) is 8.34. The number of methoxy groups -OCH3 is 1. The van der Waals surface area contributed by atoms with Gasteiger partial charge < -0.3 is 19.8 Å². The molecule has 3 rings (SSSR count). The van der Waals surface area contributed by atoms with Crippen molar-refractivity contribution in [3.63, 3.8) is 0 Å². The van der Waals surface area contributed by atoms with Crippen molar-refractivity contribution < 1.29 is 23.1 Å². The maximum Gasteiger partial charge on any atom is 0.294 e. The summed E-state index contributed by atoms with van der Waals surface area (Å²) in [6, 6.07) is 11.0. The van der Waals surface area contributed by atoms with Crippen molar-refractivity contribution in [2.75, 3.05) is 18.6 Å². The molecule has 0 saturated carbocycles. The molecule has 0 unspecified atom stereocenters. The average Bonchev–Trinajstić information content (AvgIpc) is 2.98. The quantitative estimate of drug-likeness (QED) is 0.720. The van der Waals surface area contributed by atoms with E-state index in [4.69, 9.17) is 14.9 Å². The van der Waals surface area contributed by atoms with Gasteiger partial charge in [-0.1, -0.05) is 12.1 Å². The van der Waals surface area contributed by atoms with Crippen molar-refractivity contribution in [2.45, 2.75) is 13.3 Å². The van der Waals surface area contributed by atoms with Crippen molar-refractivity contribution in [1.29, 1.82) is 0 Å². The molecule has 2 aromatic carbocycles. The SMILES string of the molecule is COc1ccccc1N(CCC(N)=O)C(=O)c1oc2ccc(F)cc2c1C. The Morgan fingerprint density at radius 2 is 1.96 bits per heavy atom. The van der Waals surface area contributed by atoms with E-state index >= 15 is 0 Å². The number of anilines is 1. The summed E-state index contributed by atoms with van der Waals surface area (Å²) in [5.41, 5.74) is 6.68. The first kappa shape index (κ1) is 18.4. The molecule has 0 aliphatic heterocycles. The zero-order valence-corrected chi connectivity index (χ0v) is 15.0. The zero-order chi connectivity index (χ0) is 19.6. The molecule has 2 amide bonds. The van der Waals surface area contributed by atoms with Gasteiger partial charge in [-0.2, -0.15) is 0 Å². The Bertz CT molecular complexity index is 1010. The highest BCUT2D eigenvalue weighted by molar-refractivity contribution is 6.08. The number of amides is 2. The van der Waals surface area contributed by atoms with Crippen LogP contribution in [-0.4, -0.2) is 25.5 Å². The number of hydrogen-bond acceptors (Lipinski definition) is 4. The fourth-order valence-corrected chi connectivity index (χ4v) is 2.93. The number of hydrogen-bond donors (Lipinski definition) is 1. The number of carbonyl (C=O) groups is 2. The number of nitrogens with zero attached hydrogens (tertiary/aromatic N) is 1. The van der Waals surface area contributed by atoms with E-state index in [0.29, 0.717) is 28.0 Å². The molecule has 1 heterocycles. The Kier molecular flexibility index (Phi) is 5.12. The van der Waals surface area contributed by atoms with Gasteiger partial charge in [-0.05, 0) is 37.3 Å². The Hall–Kier alpha value is -3.35. The van der Waals surface area contributed by atoms with Crippen LogP contribution in [0, 0.1) is 12.7 Å². The standard InChI is InChI=1S/C20H19FN2O4/c1-12-14-11-13(21)7-8-16(14)27-19(12)20(25)23(10-9-18(22)24)15-5-3-4-6-17(15)26-2/h3-8,11H,9-10H2,1-2H3,(H2,22,24). The van der Waals surface area contributed by atoms with E-state index in [0.717, 1.165) is 0 Å². The highest BCUT2D eigenvalue weighted by Crippen LogP contribution is 2.32. The van der Waals surface area contributed by atoms with E-state index in [1.54, 1.807) is 31.2 Å². The average molecular weight is 370 g/mol. The minimum absolute atomic E-state index is 0.0301. The highest BCUT2D eigenvalue weighted by atomic mass is 19.1. The molecule has 0 aliphatic carbocycles. The number of halogens is 1. The topological polar surface area (TPSA) is 85.8 Å². The summed E-state index contributed by atoms with van der Waals surface area (Å²) in [6.07, 6.45) is -0.0301. The van der Waals surface area contributed by atoms with Crippen LogP contribution in [-0.2, 0) is 4.79 Å². The van der Waals surface area contributed by atoms with Crippen LogP contribution in [0.5, 0.6) is 5.75 Å². The van der Waals surface area contributed by atoms with Crippen molar-refractivity contribution in [3.8, 4) is 5.75 Å². The van der Waals surface area contributed by atoms with Crippen molar-refractivity contribution in [2.24, 2.45) is 5.73 Å². The van der Waals surface area contributed by atoms with Gasteiger partial charge >= 0.3 is 0 Å². The minimum Gasteiger partial charge on any atom is -0.495 e. The third-order valence-electron chi connectivity index (χ3n) is 4.30. The normalized spacial score (nSPS) is 10.8. The molecule has 0 fully saturated rings. The number of furan rings is 1. The van der Waals surface area contributed by atoms with Crippen molar-refractivity contribution >= 4 is 28.5 Å². The van der Waals surface area contributed by atoms with Gasteiger partial charge in [-0.25, -0.2) is 4.39 Å². The Morgan fingerprint density at radius 3 is 2.67 bits per heavy atom. The van der Waals surface area contributed by atoms with Crippen LogP contribution in [0.3, 0.4) is 0 Å². The lowest BCUT2D eigenvalue weighted by molar-refractivity contribution is -0.117. The summed E-state index contributed by atoms with van der Waals surface area (Å²) in [5, 5.41) is 0.522. The fourth-order valence-electron chi connectivity index (χ4n) is 2.93. The van der Waals surface area contributed by atoms with E-state index in [1.165, 1.54) is 30.2 Å². The monoisotopic (exact) mass is 370 g/mol. The number of para-hydroxylation sites is 2. The summed E-state index contributed by atoms with van der Waals surface area (Å²) in [5.74, 6) is -0.872. The third kappa shape index (κ3) is 3.62. The molecular weight excluding hydrogens is 351 g/mol. The van der Waals surface area contributed by atoms with Crippen LogP contribution in [0.15, 0.2) is 46.9 Å². The number of benzene rings is 2. The molecule has 0 bridgehead atoms. The first-order valence-corrected chi connectivity index (χ1v) is 8.34. The second-order valence-corrected chi connectivity index (χ2v) is 6.04. The Morgan fingerprint density at radius 1 is 1.22 bits per heavy atom. The number of carbonyl (C=O) groups excluding carboxylic acids is 2. The lowest BCUT2D eigenvalue weighted by Gasteiger charge is -2.23. The van der Waals surface area contributed by atoms with Gasteiger partial charge in [0.15, 0.2) is 5.76 Å². The van der Waals surface area contributed by atoms with Crippen molar-refractivity contribution in [1.82, 2.24) is 0 Å². The molecule has 0 aliphatic rings. The largest absolute Gasteiger partial charge is 0.495 e. The Labute approximate surface area is 155 Å². The second kappa shape index (κ2) is 7.49. The number of aryl methyl sites for hydroxylation is 1. The van der Waals surface area contributed by atoms with Gasteiger partial charge in [-0.3, -0.25) is 9.59 Å². The van der Waals surface area contributed by atoms with Crippen LogP contribution < -0.4 is 15.4 Å². The summed E-state index contributed by atoms with van der Waals surface area (Å²) in [7, 11) is 1.49. The minimum atomic E-state index is -0.536. The number of nitrogens with two attached hydrogens (primary N) is 1. The molecular formula is C20H19FN2O4. The molecule has 1 aromatic heterocycles. The van der Waals surface area contributed by atoms with E-state index in [9.17, 15) is 14.0 Å². The Balaban J connectivity index is 2.08. The summed E-state index contributed by atoms with van der Waals surface area (Å²) < 4.78 is 24.6. The lowest BCUT2D eigenvalue weighted by atomic mass is 10.1. The third-order valence-corrected chi connectivity index (χ3v) is 4.30. The van der Waals surface area contributed by atoms with Crippen LogP contribution in [0.1, 0.15) is 22.5 Å². The molecule has 140 valence electrons. The molecule has 2 N–H and O–H groups in total. The van der Waals surface area contributed by atoms with Crippen LogP contribution in [0.2, 0.25) is 0 Å². The van der Waals surface area contributed by atoms with Gasteiger partial charge in [0.1, 0.15) is 17.1 Å². The molecule has 7 heteroatoms. The number of primary amides is 1. The maximum atomic E-state index is 13.6. The lowest BCUT2D eigenvalue weighted by Crippen LogP contribution is -2.34.